The molecule has 3 heterocycles. The maximum Gasteiger partial charge on any atom is 0.180 e. The van der Waals surface area contributed by atoms with Gasteiger partial charge in [0.05, 0.1) is 0 Å². The van der Waals surface area contributed by atoms with E-state index in [-0.39, 0.29) is 0 Å². The Morgan fingerprint density at radius 3 is 2.88 bits per heavy atom. The average Bonchev–Trinajstić information content (AvgIpc) is 2.72. The lowest BCUT2D eigenvalue weighted by molar-refractivity contribution is 0.585. The summed E-state index contributed by atoms with van der Waals surface area (Å²) in [5, 5.41) is 11.3. The molecule has 1 saturated heterocycles. The minimum atomic E-state index is 0.844. The maximum absolute atomic E-state index is 4.59. The number of pyridine rings is 1. The van der Waals surface area contributed by atoms with E-state index in [1.807, 2.05) is 19.2 Å². The second kappa shape index (κ2) is 3.71. The molecular formula is C10H14N6. The summed E-state index contributed by atoms with van der Waals surface area (Å²) in [5.74, 6) is 1.01. The van der Waals surface area contributed by atoms with Crippen molar-refractivity contribution >= 4 is 17.0 Å². The van der Waals surface area contributed by atoms with Crippen LogP contribution in [0.3, 0.4) is 0 Å². The first-order valence-corrected chi connectivity index (χ1v) is 5.47. The van der Waals surface area contributed by atoms with Gasteiger partial charge < -0.3 is 10.2 Å². The minimum Gasteiger partial charge on any atom is -0.354 e. The molecule has 2 aromatic rings. The summed E-state index contributed by atoms with van der Waals surface area (Å²) in [7, 11) is 1.86. The van der Waals surface area contributed by atoms with E-state index in [9.17, 15) is 0 Å². The fraction of sp³-hybridized carbons (Fsp3) is 0.500. The van der Waals surface area contributed by atoms with Gasteiger partial charge in [0.25, 0.3) is 0 Å². The normalized spacial score (nSPS) is 16.9. The van der Waals surface area contributed by atoms with Gasteiger partial charge in [-0.1, -0.05) is 5.21 Å². The van der Waals surface area contributed by atoms with E-state index < -0.39 is 0 Å². The van der Waals surface area contributed by atoms with Crippen molar-refractivity contribution in [1.29, 1.82) is 0 Å². The zero-order chi connectivity index (χ0) is 11.0. The van der Waals surface area contributed by atoms with E-state index in [0.29, 0.717) is 0 Å². The molecule has 1 fully saturated rings. The minimum absolute atomic E-state index is 0.844. The molecule has 0 spiro atoms. The van der Waals surface area contributed by atoms with Crippen LogP contribution in [0.5, 0.6) is 0 Å². The van der Waals surface area contributed by atoms with Crippen LogP contribution in [0.15, 0.2) is 12.1 Å². The van der Waals surface area contributed by atoms with Crippen LogP contribution in [0.25, 0.3) is 11.2 Å². The molecule has 16 heavy (non-hydrogen) atoms. The Bertz CT molecular complexity index is 499. The highest BCUT2D eigenvalue weighted by molar-refractivity contribution is 5.72. The molecule has 0 bridgehead atoms. The summed E-state index contributed by atoms with van der Waals surface area (Å²) < 4.78 is 1.71. The maximum atomic E-state index is 4.59. The van der Waals surface area contributed by atoms with Crippen molar-refractivity contribution in [3.63, 3.8) is 0 Å². The number of piperazine rings is 1. The molecule has 0 atom stereocenters. The van der Waals surface area contributed by atoms with Crippen LogP contribution in [-0.4, -0.2) is 46.2 Å². The quantitative estimate of drug-likeness (QED) is 0.716. The number of hydrogen-bond donors (Lipinski definition) is 1. The molecule has 0 radical (unpaired) electrons. The monoisotopic (exact) mass is 218 g/mol. The molecule has 2 aromatic heterocycles. The van der Waals surface area contributed by atoms with Crippen LogP contribution >= 0.6 is 0 Å². The van der Waals surface area contributed by atoms with E-state index in [4.69, 9.17) is 0 Å². The Kier molecular flexibility index (Phi) is 2.21. The van der Waals surface area contributed by atoms with Gasteiger partial charge in [0, 0.05) is 33.2 Å². The van der Waals surface area contributed by atoms with E-state index in [1.54, 1.807) is 4.68 Å². The van der Waals surface area contributed by atoms with Crippen LogP contribution < -0.4 is 10.2 Å². The molecule has 0 saturated carbocycles. The predicted molar refractivity (Wildman–Crippen MR) is 61.4 cm³/mol. The Balaban J connectivity index is 1.99. The van der Waals surface area contributed by atoms with Gasteiger partial charge >= 0.3 is 0 Å². The number of anilines is 1. The van der Waals surface area contributed by atoms with Gasteiger partial charge in [-0.2, -0.15) is 0 Å². The number of nitrogens with zero attached hydrogens (tertiary/aromatic N) is 5. The summed E-state index contributed by atoms with van der Waals surface area (Å²) in [6, 6.07) is 4.00. The van der Waals surface area contributed by atoms with Gasteiger partial charge in [0.1, 0.15) is 11.3 Å². The first kappa shape index (κ1) is 9.53. The molecule has 6 heteroatoms. The van der Waals surface area contributed by atoms with Crippen LogP contribution in [0.4, 0.5) is 5.82 Å². The summed E-state index contributed by atoms with van der Waals surface area (Å²) in [5.41, 5.74) is 1.69. The van der Waals surface area contributed by atoms with E-state index in [0.717, 1.165) is 43.2 Å². The van der Waals surface area contributed by atoms with Gasteiger partial charge in [-0.15, -0.1) is 5.10 Å². The molecule has 0 aliphatic carbocycles. The van der Waals surface area contributed by atoms with Crippen LogP contribution in [0, 0.1) is 0 Å². The highest BCUT2D eigenvalue weighted by atomic mass is 15.4. The van der Waals surface area contributed by atoms with Crippen molar-refractivity contribution in [2.45, 2.75) is 0 Å². The molecule has 0 unspecified atom stereocenters. The molecule has 1 N–H and O–H groups in total. The number of hydrogen-bond acceptors (Lipinski definition) is 5. The Morgan fingerprint density at radius 1 is 1.25 bits per heavy atom. The second-order valence-corrected chi connectivity index (χ2v) is 3.96. The van der Waals surface area contributed by atoms with Crippen molar-refractivity contribution in [2.75, 3.05) is 31.1 Å². The molecular weight excluding hydrogens is 204 g/mol. The molecule has 0 aromatic carbocycles. The number of rotatable bonds is 1. The molecule has 84 valence electrons. The molecule has 0 amide bonds. The molecule has 1 aliphatic rings. The van der Waals surface area contributed by atoms with Crippen molar-refractivity contribution in [1.82, 2.24) is 25.3 Å². The Hall–Kier alpha value is -1.69. The highest BCUT2D eigenvalue weighted by Gasteiger charge is 2.13. The van der Waals surface area contributed by atoms with Gasteiger partial charge in [-0.3, -0.25) is 0 Å². The lowest BCUT2D eigenvalue weighted by Gasteiger charge is -2.28. The van der Waals surface area contributed by atoms with Crippen LogP contribution in [-0.2, 0) is 7.05 Å². The first-order valence-electron chi connectivity index (χ1n) is 5.47. The number of nitrogens with one attached hydrogen (secondary N) is 1. The topological polar surface area (TPSA) is 58.9 Å². The lowest BCUT2D eigenvalue weighted by Crippen LogP contribution is -2.43. The summed E-state index contributed by atoms with van der Waals surface area (Å²) in [4.78, 5) is 6.88. The standard InChI is InChI=1S/C10H14N6/c1-15-10-8(13-14-15)2-3-9(12-10)16-6-4-11-5-7-16/h2-3,11H,4-7H2,1H3. The highest BCUT2D eigenvalue weighted by Crippen LogP contribution is 2.15. The van der Waals surface area contributed by atoms with Crippen LogP contribution in [0.1, 0.15) is 0 Å². The third-order valence-corrected chi connectivity index (χ3v) is 2.87. The number of aryl methyl sites for hydroxylation is 1. The van der Waals surface area contributed by atoms with Crippen molar-refractivity contribution in [3.8, 4) is 0 Å². The van der Waals surface area contributed by atoms with Crippen LogP contribution in [0.2, 0.25) is 0 Å². The third kappa shape index (κ3) is 1.51. The fourth-order valence-electron chi connectivity index (χ4n) is 1.97. The summed E-state index contributed by atoms with van der Waals surface area (Å²) in [6.07, 6.45) is 0. The average molecular weight is 218 g/mol. The van der Waals surface area contributed by atoms with Gasteiger partial charge in [-0.25, -0.2) is 9.67 Å². The Morgan fingerprint density at radius 2 is 2.06 bits per heavy atom. The molecule has 1 aliphatic heterocycles. The third-order valence-electron chi connectivity index (χ3n) is 2.87. The smallest absolute Gasteiger partial charge is 0.180 e. The molecule has 6 nitrogen and oxygen atoms in total. The summed E-state index contributed by atoms with van der Waals surface area (Å²) in [6.45, 7) is 4.04. The fourth-order valence-corrected chi connectivity index (χ4v) is 1.97. The van der Waals surface area contributed by atoms with E-state index in [2.05, 4.69) is 25.5 Å². The molecule has 3 rings (SSSR count). The SMILES string of the molecule is Cn1nnc2ccc(N3CCNCC3)nc21. The van der Waals surface area contributed by atoms with Gasteiger partial charge in [-0.05, 0) is 12.1 Å². The van der Waals surface area contributed by atoms with Gasteiger partial charge in [0.15, 0.2) is 5.65 Å². The number of fused-ring (bicyclic) bond motifs is 1. The summed E-state index contributed by atoms with van der Waals surface area (Å²) >= 11 is 0. The second-order valence-electron chi connectivity index (χ2n) is 3.96. The van der Waals surface area contributed by atoms with Crippen molar-refractivity contribution in [2.24, 2.45) is 7.05 Å². The first-order chi connectivity index (χ1) is 7.84. The zero-order valence-corrected chi connectivity index (χ0v) is 9.22. The Labute approximate surface area is 93.3 Å². The largest absolute Gasteiger partial charge is 0.354 e. The lowest BCUT2D eigenvalue weighted by atomic mass is 10.3. The van der Waals surface area contributed by atoms with E-state index in [1.165, 1.54) is 0 Å². The predicted octanol–water partition coefficient (Wildman–Crippen LogP) is -0.227. The van der Waals surface area contributed by atoms with Gasteiger partial charge in [0.2, 0.25) is 0 Å². The van der Waals surface area contributed by atoms with Crippen molar-refractivity contribution < 1.29 is 0 Å². The van der Waals surface area contributed by atoms with E-state index >= 15 is 0 Å². The van der Waals surface area contributed by atoms with Crippen molar-refractivity contribution in [3.05, 3.63) is 12.1 Å². The zero-order valence-electron chi connectivity index (χ0n) is 9.22. The number of aromatic nitrogens is 4.